The van der Waals surface area contributed by atoms with Crippen molar-refractivity contribution in [2.24, 2.45) is 46.3 Å². The normalized spacial score (nSPS) is 38.9. The van der Waals surface area contributed by atoms with Crippen LogP contribution in [0.2, 0.25) is 0 Å². The van der Waals surface area contributed by atoms with E-state index in [2.05, 4.69) is 25.5 Å². The van der Waals surface area contributed by atoms with Gasteiger partial charge in [-0.05, 0) is 135 Å². The van der Waals surface area contributed by atoms with Crippen LogP contribution >= 0.6 is 0 Å². The molecule has 43 heavy (non-hydrogen) atoms. The number of aliphatic hydroxyl groups is 1. The summed E-state index contributed by atoms with van der Waals surface area (Å²) in [4.78, 5) is 25.0. The number of carbonyl (C=O) groups excluding carboxylic acids is 2. The average Bonchev–Trinajstić information content (AvgIpc) is 3.29. The average molecular weight is 616 g/mol. The molecule has 238 valence electrons. The first kappa shape index (κ1) is 30.9. The number of fused-ring (bicyclic) bond motifs is 6. The SMILES string of the molecule is C[C@H](COC(=O)NS(=O)(=O)c1ccc2c(c1)CCC(C)(C)O2)[C@H]1CC[C@H]2[C@@H]3[C@H](O)C[C@@H]4CC(=O)CC[C@]4(C)[C@H]3CC[C@]12C. The highest BCUT2D eigenvalue weighted by molar-refractivity contribution is 7.90. The smallest absolute Gasteiger partial charge is 0.421 e. The van der Waals surface area contributed by atoms with Crippen molar-refractivity contribution in [3.05, 3.63) is 23.8 Å². The highest BCUT2D eigenvalue weighted by Crippen LogP contribution is 2.68. The second kappa shape index (κ2) is 10.7. The molecule has 6 rings (SSSR count). The zero-order valence-corrected chi connectivity index (χ0v) is 27.2. The molecule has 4 aliphatic carbocycles. The molecule has 1 aromatic carbocycles. The van der Waals surface area contributed by atoms with Crippen molar-refractivity contribution in [3.8, 4) is 5.75 Å². The number of sulfonamides is 1. The van der Waals surface area contributed by atoms with E-state index in [1.54, 1.807) is 12.1 Å². The highest BCUT2D eigenvalue weighted by Gasteiger charge is 2.63. The summed E-state index contributed by atoms with van der Waals surface area (Å²) in [5.74, 6) is 2.77. The Labute approximate surface area is 256 Å². The standard InChI is InChI=1S/C34H49NO7S/c1-20(19-41-31(38)35-43(39,40)24-6-9-29-21(16-24)10-13-32(2,3)42-29)25-7-8-26-30-27(12-15-34(25,26)5)33(4)14-11-23(36)17-22(33)18-28(30)37/h6,9,16,20,22,25-28,30,37H,7-8,10-15,17-19H2,1-5H3,(H,35,38)/t20-,22+,25-,26+,27+,28-,30+,33+,34-/m1/s1. The number of benzene rings is 1. The van der Waals surface area contributed by atoms with E-state index in [9.17, 15) is 23.1 Å². The molecular formula is C34H49NO7S. The van der Waals surface area contributed by atoms with Crippen LogP contribution < -0.4 is 9.46 Å². The van der Waals surface area contributed by atoms with E-state index in [1.165, 1.54) is 6.07 Å². The minimum absolute atomic E-state index is 0.0202. The maximum Gasteiger partial charge on any atom is 0.421 e. The molecule has 1 aromatic rings. The summed E-state index contributed by atoms with van der Waals surface area (Å²) in [5, 5.41) is 11.4. The molecule has 9 heteroatoms. The summed E-state index contributed by atoms with van der Waals surface area (Å²) in [6.07, 6.45) is 7.28. The first-order chi connectivity index (χ1) is 20.1. The van der Waals surface area contributed by atoms with E-state index < -0.39 is 16.1 Å². The zero-order chi connectivity index (χ0) is 30.9. The van der Waals surface area contributed by atoms with Gasteiger partial charge in [0.1, 0.15) is 17.1 Å². The number of hydrogen-bond donors (Lipinski definition) is 2. The predicted octanol–water partition coefficient (Wildman–Crippen LogP) is 6.04. The van der Waals surface area contributed by atoms with Crippen molar-refractivity contribution in [1.82, 2.24) is 4.72 Å². The van der Waals surface area contributed by atoms with Gasteiger partial charge < -0.3 is 14.6 Å². The van der Waals surface area contributed by atoms with Crippen molar-refractivity contribution >= 4 is 21.9 Å². The van der Waals surface area contributed by atoms with E-state index in [0.29, 0.717) is 48.5 Å². The Morgan fingerprint density at radius 2 is 1.81 bits per heavy atom. The molecule has 0 bridgehead atoms. The molecule has 0 aromatic heterocycles. The van der Waals surface area contributed by atoms with Crippen LogP contribution in [0, 0.1) is 46.3 Å². The van der Waals surface area contributed by atoms with Crippen molar-refractivity contribution in [3.63, 3.8) is 0 Å². The summed E-state index contributed by atoms with van der Waals surface area (Å²) < 4.78 is 39.6. The van der Waals surface area contributed by atoms with Gasteiger partial charge in [-0.2, -0.15) is 0 Å². The number of ether oxygens (including phenoxy) is 2. The number of aliphatic hydroxyl groups excluding tert-OH is 1. The quantitative estimate of drug-likeness (QED) is 0.415. The zero-order valence-electron chi connectivity index (χ0n) is 26.4. The fraction of sp³-hybridized carbons (Fsp3) is 0.765. The number of aryl methyl sites for hydroxylation is 1. The number of hydrogen-bond acceptors (Lipinski definition) is 7. The molecule has 0 spiro atoms. The van der Waals surface area contributed by atoms with E-state index in [0.717, 1.165) is 50.5 Å². The summed E-state index contributed by atoms with van der Waals surface area (Å²) in [6.45, 7) is 11.0. The van der Waals surface area contributed by atoms with Crippen LogP contribution in [0.1, 0.15) is 98.0 Å². The van der Waals surface area contributed by atoms with Crippen LogP contribution in [-0.4, -0.2) is 43.7 Å². The number of carbonyl (C=O) groups is 2. The van der Waals surface area contributed by atoms with Gasteiger partial charge in [-0.15, -0.1) is 0 Å². The summed E-state index contributed by atoms with van der Waals surface area (Å²) >= 11 is 0. The molecule has 2 N–H and O–H groups in total. The van der Waals surface area contributed by atoms with Crippen molar-refractivity contribution in [1.29, 1.82) is 0 Å². The first-order valence-electron chi connectivity index (χ1n) is 16.3. The largest absolute Gasteiger partial charge is 0.488 e. The van der Waals surface area contributed by atoms with Crippen LogP contribution in [0.4, 0.5) is 4.79 Å². The van der Waals surface area contributed by atoms with Crippen LogP contribution in [-0.2, 0) is 26.0 Å². The van der Waals surface area contributed by atoms with Gasteiger partial charge in [0.25, 0.3) is 10.0 Å². The molecule has 0 saturated heterocycles. The van der Waals surface area contributed by atoms with Gasteiger partial charge >= 0.3 is 6.09 Å². The van der Waals surface area contributed by atoms with Gasteiger partial charge in [-0.25, -0.2) is 17.9 Å². The minimum Gasteiger partial charge on any atom is -0.488 e. The third kappa shape index (κ3) is 5.40. The molecule has 4 saturated carbocycles. The molecule has 4 fully saturated rings. The van der Waals surface area contributed by atoms with E-state index in [1.807, 2.05) is 13.8 Å². The Balaban J connectivity index is 1.08. The molecule has 0 unspecified atom stereocenters. The van der Waals surface area contributed by atoms with Crippen LogP contribution in [0.5, 0.6) is 5.75 Å². The molecular weight excluding hydrogens is 566 g/mol. The fourth-order valence-corrected chi connectivity index (χ4v) is 11.3. The van der Waals surface area contributed by atoms with Gasteiger partial charge in [-0.1, -0.05) is 20.8 Å². The molecule has 5 aliphatic rings. The van der Waals surface area contributed by atoms with E-state index in [4.69, 9.17) is 9.47 Å². The molecule has 0 radical (unpaired) electrons. The van der Waals surface area contributed by atoms with E-state index in [-0.39, 0.29) is 51.8 Å². The molecule has 9 atom stereocenters. The van der Waals surface area contributed by atoms with Gasteiger partial charge in [-0.3, -0.25) is 4.79 Å². The Kier molecular flexibility index (Phi) is 7.72. The fourth-order valence-electron chi connectivity index (χ4n) is 10.3. The van der Waals surface area contributed by atoms with Gasteiger partial charge in [0.15, 0.2) is 0 Å². The van der Waals surface area contributed by atoms with Crippen LogP contribution in [0.15, 0.2) is 23.1 Å². The van der Waals surface area contributed by atoms with E-state index >= 15 is 0 Å². The third-order valence-electron chi connectivity index (χ3n) is 12.7. The van der Waals surface area contributed by atoms with Crippen molar-refractivity contribution < 1.29 is 32.6 Å². The molecule has 8 nitrogen and oxygen atoms in total. The Hall–Kier alpha value is -2.13. The maximum atomic E-state index is 13.0. The van der Waals surface area contributed by atoms with Crippen molar-refractivity contribution in [2.75, 3.05) is 6.61 Å². The second-order valence-electron chi connectivity index (χ2n) is 15.6. The summed E-state index contributed by atoms with van der Waals surface area (Å²) in [5.41, 5.74) is 0.668. The summed E-state index contributed by atoms with van der Waals surface area (Å²) in [6, 6.07) is 4.69. The molecule has 1 amide bonds. The lowest BCUT2D eigenvalue weighted by Crippen LogP contribution is -2.58. The number of nitrogens with one attached hydrogen (secondary N) is 1. The first-order valence-corrected chi connectivity index (χ1v) is 17.8. The Morgan fingerprint density at radius 3 is 2.58 bits per heavy atom. The lowest BCUT2D eigenvalue weighted by atomic mass is 9.44. The lowest BCUT2D eigenvalue weighted by Gasteiger charge is -2.61. The summed E-state index contributed by atoms with van der Waals surface area (Å²) in [7, 11) is -4.09. The number of ketones is 1. The molecule has 1 aliphatic heterocycles. The Morgan fingerprint density at radius 1 is 1.07 bits per heavy atom. The van der Waals surface area contributed by atoms with Gasteiger partial charge in [0.05, 0.1) is 17.6 Å². The van der Waals surface area contributed by atoms with Crippen LogP contribution in [0.25, 0.3) is 0 Å². The molecule has 1 heterocycles. The highest BCUT2D eigenvalue weighted by atomic mass is 32.2. The lowest BCUT2D eigenvalue weighted by molar-refractivity contribution is -0.169. The van der Waals surface area contributed by atoms with Gasteiger partial charge in [0, 0.05) is 12.8 Å². The van der Waals surface area contributed by atoms with Crippen molar-refractivity contribution in [2.45, 2.75) is 115 Å². The van der Waals surface area contributed by atoms with Crippen LogP contribution in [0.3, 0.4) is 0 Å². The topological polar surface area (TPSA) is 119 Å². The third-order valence-corrected chi connectivity index (χ3v) is 14.0. The second-order valence-corrected chi connectivity index (χ2v) is 17.3. The number of rotatable bonds is 5. The maximum absolute atomic E-state index is 13.0. The van der Waals surface area contributed by atoms with Gasteiger partial charge in [0.2, 0.25) is 0 Å². The predicted molar refractivity (Wildman–Crippen MR) is 162 cm³/mol. The number of Topliss-reactive ketones (excluding diaryl/α,β-unsaturated/α-hetero) is 1. The monoisotopic (exact) mass is 615 g/mol. The minimum atomic E-state index is -4.09. The number of amides is 1. The Bertz CT molecular complexity index is 1390.